The van der Waals surface area contributed by atoms with Crippen LogP contribution < -0.4 is 10.2 Å². The summed E-state index contributed by atoms with van der Waals surface area (Å²) in [6.45, 7) is 4.41. The summed E-state index contributed by atoms with van der Waals surface area (Å²) in [4.78, 5) is 3.99. The molecule has 0 aliphatic carbocycles. The van der Waals surface area contributed by atoms with Crippen molar-refractivity contribution in [3.8, 4) is 5.88 Å². The van der Waals surface area contributed by atoms with Crippen LogP contribution >= 0.6 is 0 Å². The van der Waals surface area contributed by atoms with Crippen LogP contribution in [0, 0.1) is 6.92 Å². The maximum atomic E-state index is 8.73. The third kappa shape index (κ3) is 1.98. The number of rotatable bonds is 3. The van der Waals surface area contributed by atoms with E-state index < -0.39 is 0 Å². The monoisotopic (exact) mass is 164 g/mol. The lowest BCUT2D eigenvalue weighted by molar-refractivity contribution is 0.327. The molecule has 12 heavy (non-hydrogen) atoms. The Labute approximate surface area is 72.7 Å². The highest BCUT2D eigenvalue weighted by Crippen LogP contribution is 2.05. The van der Waals surface area contributed by atoms with Gasteiger partial charge < -0.3 is 9.76 Å². The van der Waals surface area contributed by atoms with Gasteiger partial charge in [0.25, 0.3) is 0 Å². The minimum absolute atomic E-state index is 0.598. The van der Waals surface area contributed by atoms with Gasteiger partial charge in [-0.3, -0.25) is 0 Å². The molecule has 0 fully saturated rings. The van der Waals surface area contributed by atoms with Crippen LogP contribution in [0.1, 0.15) is 12.5 Å². The Kier molecular flexibility index (Phi) is 3.11. The van der Waals surface area contributed by atoms with Crippen LogP contribution in [0.2, 0.25) is 0 Å². The second-order valence-electron chi connectivity index (χ2n) is 2.44. The number of pyridine rings is 1. The van der Waals surface area contributed by atoms with E-state index >= 15 is 0 Å². The largest absolute Gasteiger partial charge is 0.478 e. The molecular weight excluding hydrogens is 153 g/mol. The smallest absolute Gasteiger partial charge is 0.328 e. The summed E-state index contributed by atoms with van der Waals surface area (Å²) in [6, 6.07) is 1.80. The third-order valence-electron chi connectivity index (χ3n) is 1.56. The lowest BCUT2D eigenvalue weighted by Crippen LogP contribution is -2.18. The van der Waals surface area contributed by atoms with E-state index in [1.54, 1.807) is 12.3 Å². The van der Waals surface area contributed by atoms with Gasteiger partial charge in [0.05, 0.1) is 6.61 Å². The van der Waals surface area contributed by atoms with Gasteiger partial charge >= 0.3 is 7.48 Å². The highest BCUT2D eigenvalue weighted by molar-refractivity contribution is 6.46. The molecule has 63 valence electrons. The first-order valence-corrected chi connectivity index (χ1v) is 3.84. The molecule has 0 aliphatic rings. The first kappa shape index (κ1) is 9.07. The number of hydrogen-bond donors (Lipinski definition) is 1. The molecule has 0 aromatic carbocycles. The Bertz CT molecular complexity index is 265. The zero-order chi connectivity index (χ0) is 8.97. The van der Waals surface area contributed by atoms with Gasteiger partial charge in [-0.2, -0.15) is 0 Å². The van der Waals surface area contributed by atoms with E-state index in [-0.39, 0.29) is 0 Å². The van der Waals surface area contributed by atoms with E-state index in [1.165, 1.54) is 0 Å². The molecule has 0 atom stereocenters. The lowest BCUT2D eigenvalue weighted by Gasteiger charge is -2.04. The van der Waals surface area contributed by atoms with Crippen molar-refractivity contribution in [3.63, 3.8) is 0 Å². The van der Waals surface area contributed by atoms with Gasteiger partial charge in [-0.1, -0.05) is 0 Å². The average Bonchev–Trinajstić information content (AvgIpc) is 2.05. The van der Waals surface area contributed by atoms with E-state index in [1.807, 2.05) is 13.8 Å². The average molecular weight is 164 g/mol. The van der Waals surface area contributed by atoms with E-state index in [0.717, 1.165) is 18.5 Å². The summed E-state index contributed by atoms with van der Waals surface area (Å²) in [6.07, 6.45) is 1.58. The van der Waals surface area contributed by atoms with Gasteiger partial charge in [-0.15, -0.1) is 0 Å². The zero-order valence-corrected chi connectivity index (χ0v) is 7.24. The second kappa shape index (κ2) is 4.11. The van der Waals surface area contributed by atoms with Gasteiger partial charge in [-0.25, -0.2) is 4.98 Å². The quantitative estimate of drug-likeness (QED) is 0.640. The maximum Gasteiger partial charge on any atom is 0.328 e. The number of hydrogen-bond acceptors (Lipinski definition) is 3. The van der Waals surface area contributed by atoms with Crippen molar-refractivity contribution in [2.75, 3.05) is 6.61 Å². The topological polar surface area (TPSA) is 42.4 Å². The minimum atomic E-state index is 0.598. The summed E-state index contributed by atoms with van der Waals surface area (Å²) in [7, 11) is 1.04. The van der Waals surface area contributed by atoms with Crippen LogP contribution in [-0.2, 0) is 0 Å². The fourth-order valence-corrected chi connectivity index (χ4v) is 0.903. The Morgan fingerprint density at radius 1 is 1.67 bits per heavy atom. The van der Waals surface area contributed by atoms with E-state index in [2.05, 4.69) is 4.98 Å². The predicted molar refractivity (Wildman–Crippen MR) is 47.7 cm³/mol. The molecule has 0 saturated carbocycles. The van der Waals surface area contributed by atoms with Crippen molar-refractivity contribution in [2.24, 2.45) is 0 Å². The van der Waals surface area contributed by atoms with Crippen LogP contribution in [0.15, 0.2) is 12.3 Å². The van der Waals surface area contributed by atoms with Gasteiger partial charge in [-0.05, 0) is 24.9 Å². The number of aryl methyl sites for hydroxylation is 1. The van der Waals surface area contributed by atoms with Crippen molar-refractivity contribution in [1.29, 1.82) is 0 Å². The van der Waals surface area contributed by atoms with Gasteiger partial charge in [0.2, 0.25) is 5.88 Å². The molecule has 0 amide bonds. The lowest BCUT2D eigenvalue weighted by atomic mass is 9.87. The zero-order valence-electron chi connectivity index (χ0n) is 7.24. The Hall–Kier alpha value is -1.03. The normalized spacial score (nSPS) is 9.58. The molecule has 1 aromatic heterocycles. The minimum Gasteiger partial charge on any atom is -0.478 e. The molecule has 3 nitrogen and oxygen atoms in total. The number of nitrogens with zero attached hydrogens (tertiary/aromatic N) is 1. The summed E-state index contributed by atoms with van der Waals surface area (Å²) in [5.74, 6) is 0.598. The van der Waals surface area contributed by atoms with Crippen LogP contribution in [-0.4, -0.2) is 24.1 Å². The van der Waals surface area contributed by atoms with Crippen molar-refractivity contribution in [3.05, 3.63) is 17.8 Å². The Morgan fingerprint density at radius 2 is 2.42 bits per heavy atom. The van der Waals surface area contributed by atoms with Crippen LogP contribution in [0.25, 0.3) is 0 Å². The van der Waals surface area contributed by atoms with Gasteiger partial charge in [0.15, 0.2) is 0 Å². The SMILES string of the molecule is CCOc1cc(C)c([B]O)cn1. The molecule has 1 heterocycles. The highest BCUT2D eigenvalue weighted by Gasteiger charge is 2.01. The molecule has 1 N–H and O–H groups in total. The summed E-state index contributed by atoms with van der Waals surface area (Å²) >= 11 is 0. The van der Waals surface area contributed by atoms with Crippen molar-refractivity contribution >= 4 is 12.9 Å². The molecule has 0 bridgehead atoms. The second-order valence-corrected chi connectivity index (χ2v) is 2.44. The summed E-state index contributed by atoms with van der Waals surface area (Å²) < 4.78 is 5.18. The van der Waals surface area contributed by atoms with Crippen molar-refractivity contribution < 1.29 is 9.76 Å². The summed E-state index contributed by atoms with van der Waals surface area (Å²) in [5.41, 5.74) is 1.68. The first-order chi connectivity index (χ1) is 5.77. The summed E-state index contributed by atoms with van der Waals surface area (Å²) in [5, 5.41) is 8.73. The molecule has 0 saturated heterocycles. The fraction of sp³-hybridized carbons (Fsp3) is 0.375. The molecule has 0 unspecified atom stereocenters. The van der Waals surface area contributed by atoms with Crippen LogP contribution in [0.3, 0.4) is 0 Å². The Morgan fingerprint density at radius 3 is 2.92 bits per heavy atom. The first-order valence-electron chi connectivity index (χ1n) is 3.84. The molecular formula is C8H11BNO2. The molecule has 0 aliphatic heterocycles. The van der Waals surface area contributed by atoms with Crippen molar-refractivity contribution in [1.82, 2.24) is 4.98 Å². The number of aromatic nitrogens is 1. The molecule has 1 rings (SSSR count). The van der Waals surface area contributed by atoms with E-state index in [9.17, 15) is 0 Å². The number of ether oxygens (including phenoxy) is 1. The molecule has 1 aromatic rings. The fourth-order valence-electron chi connectivity index (χ4n) is 0.903. The standard InChI is InChI=1S/C8H11BNO2/c1-3-12-8-4-6(2)7(9-11)5-10-8/h4-5,11H,3H2,1-2H3. The van der Waals surface area contributed by atoms with Gasteiger partial charge in [0, 0.05) is 12.3 Å². The molecule has 1 radical (unpaired) electrons. The van der Waals surface area contributed by atoms with Gasteiger partial charge in [0.1, 0.15) is 0 Å². The van der Waals surface area contributed by atoms with Crippen molar-refractivity contribution in [2.45, 2.75) is 13.8 Å². The predicted octanol–water partition coefficient (Wildman–Crippen LogP) is 0.0255. The van der Waals surface area contributed by atoms with Crippen LogP contribution in [0.4, 0.5) is 0 Å². The molecule has 0 spiro atoms. The third-order valence-corrected chi connectivity index (χ3v) is 1.56. The highest BCUT2D eigenvalue weighted by atomic mass is 16.5. The Balaban J connectivity index is 2.86. The van der Waals surface area contributed by atoms with E-state index in [0.29, 0.717) is 12.5 Å². The molecule has 4 heteroatoms. The van der Waals surface area contributed by atoms with E-state index in [4.69, 9.17) is 9.76 Å². The maximum absolute atomic E-state index is 8.73. The van der Waals surface area contributed by atoms with Crippen LogP contribution in [0.5, 0.6) is 5.88 Å².